The van der Waals surface area contributed by atoms with E-state index >= 15 is 0 Å². The summed E-state index contributed by atoms with van der Waals surface area (Å²) >= 11 is 0. The van der Waals surface area contributed by atoms with Gasteiger partial charge in [-0.2, -0.15) is 0 Å². The van der Waals surface area contributed by atoms with E-state index in [0.717, 1.165) is 25.5 Å². The number of likely N-dealkylation sites (tertiary alicyclic amines) is 1. The number of guanidine groups is 1. The number of hydrogen-bond acceptors (Lipinski definition) is 2. The van der Waals surface area contributed by atoms with Crippen molar-refractivity contribution in [2.24, 2.45) is 4.99 Å². The molecule has 3 N–H and O–H groups in total. The minimum atomic E-state index is 0. The molecular weight excluding hydrogens is 449 g/mol. The lowest BCUT2D eigenvalue weighted by molar-refractivity contribution is 0.0982. The van der Waals surface area contributed by atoms with Crippen LogP contribution in [0.25, 0.3) is 10.9 Å². The van der Waals surface area contributed by atoms with Crippen molar-refractivity contribution in [1.29, 1.82) is 0 Å². The molecule has 150 valence electrons. The van der Waals surface area contributed by atoms with Crippen molar-refractivity contribution in [3.63, 3.8) is 0 Å². The van der Waals surface area contributed by atoms with Crippen LogP contribution in [-0.2, 0) is 6.42 Å². The van der Waals surface area contributed by atoms with E-state index in [-0.39, 0.29) is 29.5 Å². The zero-order valence-electron chi connectivity index (χ0n) is 16.8. The number of aliphatic imine (C=N–C) groups is 1. The number of para-hydroxylation sites is 1. The molecule has 0 bridgehead atoms. The van der Waals surface area contributed by atoms with Gasteiger partial charge in [-0.25, -0.2) is 0 Å². The normalized spacial score (nSPS) is 16.2. The molecule has 2 aromatic rings. The van der Waals surface area contributed by atoms with Crippen molar-refractivity contribution in [3.05, 3.63) is 36.0 Å². The number of rotatable bonds is 6. The largest absolute Gasteiger partial charge is 0.361 e. The Morgan fingerprint density at radius 1 is 1.15 bits per heavy atom. The zero-order valence-corrected chi connectivity index (χ0v) is 19.2. The van der Waals surface area contributed by atoms with Crippen LogP contribution in [0.15, 0.2) is 35.5 Å². The predicted molar refractivity (Wildman–Crippen MR) is 126 cm³/mol. The molecular formula is C21H34IN5. The van der Waals surface area contributed by atoms with Gasteiger partial charge in [-0.15, -0.1) is 24.0 Å². The molecule has 1 aromatic heterocycles. The third-order valence-electron chi connectivity index (χ3n) is 5.49. The highest BCUT2D eigenvalue weighted by atomic mass is 127. The minimum absolute atomic E-state index is 0. The highest BCUT2D eigenvalue weighted by molar-refractivity contribution is 14.0. The van der Waals surface area contributed by atoms with Gasteiger partial charge in [0, 0.05) is 42.8 Å². The summed E-state index contributed by atoms with van der Waals surface area (Å²) in [5.74, 6) is 0.884. The molecule has 0 saturated carbocycles. The molecule has 5 nitrogen and oxygen atoms in total. The molecule has 3 rings (SSSR count). The number of aromatic nitrogens is 1. The number of halogens is 1. The van der Waals surface area contributed by atoms with Gasteiger partial charge in [-0.3, -0.25) is 9.89 Å². The van der Waals surface area contributed by atoms with Crippen LogP contribution in [0.1, 0.15) is 38.7 Å². The summed E-state index contributed by atoms with van der Waals surface area (Å²) in [6.45, 7) is 8.84. The number of nitrogens with one attached hydrogen (secondary N) is 3. The highest BCUT2D eigenvalue weighted by Gasteiger charge is 2.27. The number of benzene rings is 1. The number of piperidine rings is 1. The summed E-state index contributed by atoms with van der Waals surface area (Å²) in [6, 6.07) is 8.46. The Bertz CT molecular complexity index is 731. The second-order valence-electron chi connectivity index (χ2n) is 7.82. The monoisotopic (exact) mass is 483 g/mol. The first-order valence-electron chi connectivity index (χ1n) is 9.85. The van der Waals surface area contributed by atoms with Gasteiger partial charge in [-0.05, 0) is 57.8 Å². The van der Waals surface area contributed by atoms with Gasteiger partial charge in [0.15, 0.2) is 5.96 Å². The quantitative estimate of drug-likeness (QED) is 0.333. The molecule has 1 aromatic carbocycles. The first kappa shape index (κ1) is 22.0. The first-order valence-corrected chi connectivity index (χ1v) is 9.85. The van der Waals surface area contributed by atoms with Crippen LogP contribution in [0, 0.1) is 0 Å². The van der Waals surface area contributed by atoms with E-state index < -0.39 is 0 Å². The fourth-order valence-corrected chi connectivity index (χ4v) is 3.79. The molecule has 0 aliphatic carbocycles. The summed E-state index contributed by atoms with van der Waals surface area (Å²) in [4.78, 5) is 10.3. The summed E-state index contributed by atoms with van der Waals surface area (Å²) in [7, 11) is 1.84. The molecule has 1 fully saturated rings. The van der Waals surface area contributed by atoms with Crippen LogP contribution in [-0.4, -0.2) is 54.6 Å². The smallest absolute Gasteiger partial charge is 0.191 e. The van der Waals surface area contributed by atoms with Crippen LogP contribution in [0.4, 0.5) is 0 Å². The van der Waals surface area contributed by atoms with E-state index in [1.165, 1.54) is 48.8 Å². The lowest BCUT2D eigenvalue weighted by Gasteiger charge is -2.41. The van der Waals surface area contributed by atoms with Gasteiger partial charge in [0.1, 0.15) is 0 Å². The topological polar surface area (TPSA) is 55.5 Å². The Hall–Kier alpha value is -1.28. The SMILES string of the molecule is CN=C(NCCc1c[nH]c2ccccc12)NCC(C)(C)N1CCCCC1.I. The fourth-order valence-electron chi connectivity index (χ4n) is 3.79. The minimum Gasteiger partial charge on any atom is -0.361 e. The fraction of sp³-hybridized carbons (Fsp3) is 0.571. The van der Waals surface area contributed by atoms with Gasteiger partial charge in [0.25, 0.3) is 0 Å². The van der Waals surface area contributed by atoms with Crippen LogP contribution in [0.2, 0.25) is 0 Å². The van der Waals surface area contributed by atoms with E-state index in [9.17, 15) is 0 Å². The van der Waals surface area contributed by atoms with Crippen molar-refractivity contribution in [1.82, 2.24) is 20.5 Å². The van der Waals surface area contributed by atoms with E-state index in [0.29, 0.717) is 0 Å². The predicted octanol–water partition coefficient (Wildman–Crippen LogP) is 3.76. The lowest BCUT2D eigenvalue weighted by atomic mass is 9.98. The number of nitrogens with zero attached hydrogens (tertiary/aromatic N) is 2. The third-order valence-corrected chi connectivity index (χ3v) is 5.49. The molecule has 6 heteroatoms. The van der Waals surface area contributed by atoms with E-state index in [4.69, 9.17) is 0 Å². The van der Waals surface area contributed by atoms with Gasteiger partial charge in [0.05, 0.1) is 0 Å². The van der Waals surface area contributed by atoms with E-state index in [1.54, 1.807) is 0 Å². The zero-order chi connectivity index (χ0) is 18.4. The van der Waals surface area contributed by atoms with Gasteiger partial charge in [0.2, 0.25) is 0 Å². The van der Waals surface area contributed by atoms with Crippen molar-refractivity contribution in [2.45, 2.75) is 45.1 Å². The average molecular weight is 483 g/mol. The Morgan fingerprint density at radius 2 is 1.89 bits per heavy atom. The van der Waals surface area contributed by atoms with Crippen molar-refractivity contribution < 1.29 is 0 Å². The maximum atomic E-state index is 4.39. The standard InChI is InChI=1S/C21H33N5.HI/c1-21(2,26-13-7-4-8-14-26)16-25-20(22-3)23-12-11-17-15-24-19-10-6-5-9-18(17)19;/h5-6,9-10,15,24H,4,7-8,11-14,16H2,1-3H3,(H2,22,23,25);1H. The molecule has 0 atom stereocenters. The Labute approximate surface area is 180 Å². The highest BCUT2D eigenvalue weighted by Crippen LogP contribution is 2.20. The molecule has 1 aliphatic heterocycles. The van der Waals surface area contributed by atoms with Crippen LogP contribution in [0.3, 0.4) is 0 Å². The van der Waals surface area contributed by atoms with Gasteiger partial charge < -0.3 is 15.6 Å². The molecule has 0 spiro atoms. The third kappa shape index (κ3) is 5.85. The summed E-state index contributed by atoms with van der Waals surface area (Å²) in [5, 5.41) is 8.28. The number of fused-ring (bicyclic) bond motifs is 1. The summed E-state index contributed by atoms with van der Waals surface area (Å²) in [6.07, 6.45) is 7.10. The van der Waals surface area contributed by atoms with Crippen molar-refractivity contribution in [2.75, 3.05) is 33.2 Å². The maximum absolute atomic E-state index is 4.39. The second kappa shape index (κ2) is 10.3. The van der Waals surface area contributed by atoms with Gasteiger partial charge >= 0.3 is 0 Å². The Balaban J connectivity index is 0.00000261. The molecule has 1 saturated heterocycles. The molecule has 0 unspecified atom stereocenters. The summed E-state index contributed by atoms with van der Waals surface area (Å²) in [5.41, 5.74) is 2.69. The van der Waals surface area contributed by atoms with Crippen molar-refractivity contribution in [3.8, 4) is 0 Å². The van der Waals surface area contributed by atoms with Crippen LogP contribution < -0.4 is 10.6 Å². The number of hydrogen-bond donors (Lipinski definition) is 3. The molecule has 0 radical (unpaired) electrons. The summed E-state index contributed by atoms with van der Waals surface area (Å²) < 4.78 is 0. The number of H-pyrrole nitrogens is 1. The molecule has 27 heavy (non-hydrogen) atoms. The lowest BCUT2D eigenvalue weighted by Crippen LogP contribution is -2.55. The van der Waals surface area contributed by atoms with Gasteiger partial charge in [-0.1, -0.05) is 24.6 Å². The Morgan fingerprint density at radius 3 is 2.63 bits per heavy atom. The van der Waals surface area contributed by atoms with Crippen molar-refractivity contribution >= 4 is 40.8 Å². The second-order valence-corrected chi connectivity index (χ2v) is 7.82. The molecule has 2 heterocycles. The van der Waals surface area contributed by atoms with E-state index in [1.807, 2.05) is 7.05 Å². The molecule has 0 amide bonds. The maximum Gasteiger partial charge on any atom is 0.191 e. The van der Waals surface area contributed by atoms with Crippen LogP contribution >= 0.6 is 24.0 Å². The van der Waals surface area contributed by atoms with E-state index in [2.05, 4.69) is 69.8 Å². The molecule has 1 aliphatic rings. The Kier molecular flexibility index (Phi) is 8.41. The average Bonchev–Trinajstić information content (AvgIpc) is 3.08. The first-order chi connectivity index (χ1) is 12.6. The van der Waals surface area contributed by atoms with Crippen LogP contribution in [0.5, 0.6) is 0 Å². The number of aromatic amines is 1.